The molecule has 20 rings (SSSR count). The molecule has 0 spiro atoms. The molecular weight excluding hydrogens is 1120 g/mol. The zero-order valence-corrected chi connectivity index (χ0v) is 49.4. The molecule has 7 aromatic heterocycles. The Labute approximate surface area is 526 Å². The first-order valence-electron chi connectivity index (χ1n) is 31.2. The number of benzene rings is 13. The van der Waals surface area contributed by atoms with Crippen LogP contribution in [0.15, 0.2) is 303 Å². The van der Waals surface area contributed by atoms with Gasteiger partial charge in [0.2, 0.25) is 0 Å². The van der Waals surface area contributed by atoms with Gasteiger partial charge in [-0.2, -0.15) is 0 Å². The van der Waals surface area contributed by atoms with Crippen molar-refractivity contribution < 1.29 is 0 Å². The second-order valence-electron chi connectivity index (χ2n) is 24.1. The fourth-order valence-electron chi connectivity index (χ4n) is 15.6. The zero-order valence-electron chi connectivity index (χ0n) is 49.4. The predicted molar refractivity (Wildman–Crippen MR) is 382 cm³/mol. The van der Waals surface area contributed by atoms with Gasteiger partial charge in [0, 0.05) is 92.9 Å². The summed E-state index contributed by atoms with van der Waals surface area (Å²) in [7, 11) is 0. The van der Waals surface area contributed by atoms with E-state index in [2.05, 4.69) is 324 Å². The van der Waals surface area contributed by atoms with E-state index in [0.717, 1.165) is 133 Å². The normalized spacial score (nSPS) is 12.1. The molecule has 0 bridgehead atoms. The summed E-state index contributed by atoms with van der Waals surface area (Å²) in [6.07, 6.45) is 2.07. The maximum atomic E-state index is 8.83. The van der Waals surface area contributed by atoms with Crippen LogP contribution in [-0.2, 0) is 0 Å². The topological polar surface area (TPSA) is 46.8 Å². The van der Waals surface area contributed by atoms with Gasteiger partial charge in [0.15, 0.2) is 5.69 Å². The highest BCUT2D eigenvalue weighted by Gasteiger charge is 2.25. The molecule has 8 nitrogen and oxygen atoms in total. The van der Waals surface area contributed by atoms with Crippen LogP contribution in [0.2, 0.25) is 0 Å². The van der Waals surface area contributed by atoms with Crippen molar-refractivity contribution in [1.29, 1.82) is 0 Å². The molecule has 426 valence electrons. The Kier molecular flexibility index (Phi) is 10.5. The van der Waals surface area contributed by atoms with E-state index in [1.54, 1.807) is 0 Å². The van der Waals surface area contributed by atoms with Crippen LogP contribution in [-0.4, -0.2) is 32.4 Å². The number of rotatable bonds is 7. The number of nitrogens with zero attached hydrogens (tertiary/aromatic N) is 8. The standard InChI is InChI=1S/C84H50N8/c1-85-70-29-11-2-20-56(70)69-50-84(92-81-48-54(89-75-34-16-7-25-61(75)62-26-8-17-35-76(62)89)40-44-67(81)68-45-41-55(49-82(68)92)90-77-36-18-9-27-63(77)64-28-10-19-37-78(64)90)86-51-83(69)91-79-46-52(87-71-30-12-3-21-57(71)58-22-4-13-31-72(58)87)38-42-65(79)66-43-39-53(47-80(66)91)88-73-32-14-5-23-59(73)60-24-6-15-33-74(60)88/h2-51H. The summed E-state index contributed by atoms with van der Waals surface area (Å²) < 4.78 is 14.4. The number of fused-ring (bicyclic) bond motifs is 18. The van der Waals surface area contributed by atoms with Crippen molar-refractivity contribution in [3.63, 3.8) is 0 Å². The van der Waals surface area contributed by atoms with Gasteiger partial charge in [0.05, 0.1) is 84.7 Å². The molecule has 0 fully saturated rings. The van der Waals surface area contributed by atoms with E-state index >= 15 is 0 Å². The molecule has 0 aliphatic heterocycles. The van der Waals surface area contributed by atoms with E-state index in [9.17, 15) is 0 Å². The molecule has 0 unspecified atom stereocenters. The van der Waals surface area contributed by atoms with Crippen molar-refractivity contribution in [2.75, 3.05) is 0 Å². The SMILES string of the molecule is [C-]#[N+]c1ccccc1-c1cc(-n2c3cc(-n4c5ccccc5c5ccccc54)ccc3c3ccc(-n4c5ccccc5c5ccccc54)cc32)ncc1-n1c2cc(-n3c4ccccc4c4ccccc43)ccc2c2ccc(-n3c4ccccc4c4ccccc43)cc21. The zero-order chi connectivity index (χ0) is 60.3. The van der Waals surface area contributed by atoms with Crippen LogP contribution in [0.4, 0.5) is 5.69 Å². The molecular formula is C84H50N8. The summed E-state index contributed by atoms with van der Waals surface area (Å²) in [6.45, 7) is 8.83. The average Bonchev–Trinajstić information content (AvgIpc) is 1.80. The lowest BCUT2D eigenvalue weighted by molar-refractivity contribution is 1.05. The van der Waals surface area contributed by atoms with Crippen LogP contribution in [0.3, 0.4) is 0 Å². The Morgan fingerprint density at radius 1 is 0.228 bits per heavy atom. The number of hydrogen-bond acceptors (Lipinski definition) is 1. The Balaban J connectivity index is 0.899. The molecule has 8 heteroatoms. The molecule has 0 aliphatic rings. The number of pyridine rings is 1. The fourth-order valence-corrected chi connectivity index (χ4v) is 15.6. The van der Waals surface area contributed by atoms with Crippen molar-refractivity contribution >= 4 is 137 Å². The van der Waals surface area contributed by atoms with Gasteiger partial charge in [-0.1, -0.05) is 194 Å². The second kappa shape index (κ2) is 19.2. The van der Waals surface area contributed by atoms with Gasteiger partial charge in [0.25, 0.3) is 0 Å². The Morgan fingerprint density at radius 3 is 0.793 bits per heavy atom. The maximum absolute atomic E-state index is 8.83. The van der Waals surface area contributed by atoms with Crippen molar-refractivity contribution in [3.05, 3.63) is 315 Å². The highest BCUT2D eigenvalue weighted by molar-refractivity contribution is 6.17. The van der Waals surface area contributed by atoms with Crippen molar-refractivity contribution in [2.24, 2.45) is 0 Å². The van der Waals surface area contributed by atoms with Gasteiger partial charge in [-0.3, -0.25) is 4.57 Å². The van der Waals surface area contributed by atoms with Crippen LogP contribution < -0.4 is 0 Å². The molecule has 13 aromatic carbocycles. The molecule has 0 atom stereocenters. The van der Waals surface area contributed by atoms with E-state index < -0.39 is 0 Å². The highest BCUT2D eigenvalue weighted by Crippen LogP contribution is 2.45. The monoisotopic (exact) mass is 1170 g/mol. The molecule has 0 amide bonds. The molecule has 0 saturated carbocycles. The number of aromatic nitrogens is 7. The number of hydrogen-bond donors (Lipinski definition) is 0. The summed E-state index contributed by atoms with van der Waals surface area (Å²) in [5, 5.41) is 14.0. The average molecular weight is 1170 g/mol. The van der Waals surface area contributed by atoms with Crippen LogP contribution in [0.1, 0.15) is 0 Å². The van der Waals surface area contributed by atoms with Gasteiger partial charge >= 0.3 is 0 Å². The highest BCUT2D eigenvalue weighted by atomic mass is 15.1. The molecule has 0 radical (unpaired) electrons. The van der Waals surface area contributed by atoms with Crippen LogP contribution in [0.25, 0.3) is 181 Å². The lowest BCUT2D eigenvalue weighted by Crippen LogP contribution is -2.05. The molecule has 20 aromatic rings. The minimum atomic E-state index is 0.549. The first-order valence-corrected chi connectivity index (χ1v) is 31.2. The van der Waals surface area contributed by atoms with E-state index in [1.807, 2.05) is 12.1 Å². The summed E-state index contributed by atoms with van der Waals surface area (Å²) in [5.41, 5.74) is 20.4. The smallest absolute Gasteiger partial charge is 0.194 e. The lowest BCUT2D eigenvalue weighted by atomic mass is 10.0. The van der Waals surface area contributed by atoms with Gasteiger partial charge in [-0.15, -0.1) is 0 Å². The second-order valence-corrected chi connectivity index (χ2v) is 24.1. The first-order chi connectivity index (χ1) is 45.6. The third kappa shape index (κ3) is 7.01. The molecule has 7 heterocycles. The summed E-state index contributed by atoms with van der Waals surface area (Å²) >= 11 is 0. The first kappa shape index (κ1) is 50.3. The summed E-state index contributed by atoms with van der Waals surface area (Å²) in [4.78, 5) is 10.0. The molecule has 92 heavy (non-hydrogen) atoms. The fraction of sp³-hybridized carbons (Fsp3) is 0. The summed E-state index contributed by atoms with van der Waals surface area (Å²) in [5.74, 6) is 0.722. The van der Waals surface area contributed by atoms with Gasteiger partial charge in [0.1, 0.15) is 5.82 Å². The third-order valence-electron chi connectivity index (χ3n) is 19.5. The Hall–Kier alpha value is -12.7. The minimum Gasteiger partial charge on any atom is -0.309 e. The Morgan fingerprint density at radius 2 is 0.489 bits per heavy atom. The lowest BCUT2D eigenvalue weighted by Gasteiger charge is -2.18. The van der Waals surface area contributed by atoms with E-state index in [0.29, 0.717) is 5.69 Å². The summed E-state index contributed by atoms with van der Waals surface area (Å²) in [6, 6.07) is 108. The van der Waals surface area contributed by atoms with Crippen LogP contribution >= 0.6 is 0 Å². The third-order valence-corrected chi connectivity index (χ3v) is 19.5. The van der Waals surface area contributed by atoms with E-state index in [-0.39, 0.29) is 0 Å². The van der Waals surface area contributed by atoms with Gasteiger partial charge in [-0.25, -0.2) is 9.83 Å². The van der Waals surface area contributed by atoms with Crippen molar-refractivity contribution in [2.45, 2.75) is 0 Å². The minimum absolute atomic E-state index is 0.549. The van der Waals surface area contributed by atoms with E-state index in [4.69, 9.17) is 11.6 Å². The van der Waals surface area contributed by atoms with Crippen LogP contribution in [0, 0.1) is 6.57 Å². The predicted octanol–water partition coefficient (Wildman–Crippen LogP) is 21.9. The molecule has 0 saturated heterocycles. The van der Waals surface area contributed by atoms with Crippen molar-refractivity contribution in [1.82, 2.24) is 32.4 Å². The van der Waals surface area contributed by atoms with Crippen LogP contribution in [0.5, 0.6) is 0 Å². The van der Waals surface area contributed by atoms with Gasteiger partial charge in [-0.05, 0) is 109 Å². The quantitative estimate of drug-likeness (QED) is 0.147. The molecule has 0 N–H and O–H groups in total. The Bertz CT molecular complexity index is 6050. The number of para-hydroxylation sites is 9. The van der Waals surface area contributed by atoms with E-state index in [1.165, 1.54) is 43.1 Å². The largest absolute Gasteiger partial charge is 0.309 e. The molecule has 0 aliphatic carbocycles. The maximum Gasteiger partial charge on any atom is 0.194 e. The van der Waals surface area contributed by atoms with Gasteiger partial charge < -0.3 is 22.8 Å². The van der Waals surface area contributed by atoms with Crippen molar-refractivity contribution in [3.8, 4) is 45.4 Å².